The van der Waals surface area contributed by atoms with E-state index in [4.69, 9.17) is 9.47 Å². The highest BCUT2D eigenvalue weighted by atomic mass is 16.5. The van der Waals surface area contributed by atoms with Crippen LogP contribution in [0.1, 0.15) is 92.2 Å². The molecule has 6 nitrogen and oxygen atoms in total. The van der Waals surface area contributed by atoms with Crippen LogP contribution in [0, 0.1) is 0 Å². The molecule has 1 aromatic carbocycles. The molecule has 2 saturated heterocycles. The SMILES string of the molecule is CN1C(C)(C)CC(OC(=O)C=Cc2ccc(C=CC(=O)OC3CC(C)(C)N(C)C(C)(C)C3)cc2)CC1(C)C. The van der Waals surface area contributed by atoms with Crippen LogP contribution in [0.25, 0.3) is 12.2 Å². The molecule has 1 aromatic rings. The third-order valence-electron chi connectivity index (χ3n) is 8.87. The number of nitrogens with zero attached hydrogens (tertiary/aromatic N) is 2. The number of hydrogen-bond donors (Lipinski definition) is 0. The van der Waals surface area contributed by atoms with Crippen LogP contribution in [-0.2, 0) is 19.1 Å². The van der Waals surface area contributed by atoms with Crippen LogP contribution >= 0.6 is 0 Å². The maximum atomic E-state index is 12.5. The molecule has 0 N–H and O–H groups in total. The summed E-state index contributed by atoms with van der Waals surface area (Å²) in [6.07, 6.45) is 9.53. The van der Waals surface area contributed by atoms with Crippen molar-refractivity contribution in [3.8, 4) is 0 Å². The number of piperidine rings is 2. The third-order valence-corrected chi connectivity index (χ3v) is 8.87. The van der Waals surface area contributed by atoms with Gasteiger partial charge in [-0.2, -0.15) is 0 Å². The summed E-state index contributed by atoms with van der Waals surface area (Å²) in [4.78, 5) is 29.7. The number of carbonyl (C=O) groups is 2. The maximum Gasteiger partial charge on any atom is 0.331 e. The Morgan fingerprint density at radius 1 is 0.632 bits per heavy atom. The lowest BCUT2D eigenvalue weighted by molar-refractivity contribution is -0.154. The molecule has 0 amide bonds. The molecule has 2 fully saturated rings. The second-order valence-electron chi connectivity index (χ2n) is 13.6. The average molecular weight is 525 g/mol. The zero-order valence-electron chi connectivity index (χ0n) is 25.1. The van der Waals surface area contributed by atoms with Crippen molar-refractivity contribution >= 4 is 24.1 Å². The summed E-state index contributed by atoms with van der Waals surface area (Å²) in [6.45, 7) is 17.5. The molecule has 0 unspecified atom stereocenters. The number of hydrogen-bond acceptors (Lipinski definition) is 6. The zero-order chi connectivity index (χ0) is 28.5. The molecule has 3 rings (SSSR count). The molecule has 0 radical (unpaired) electrons. The summed E-state index contributed by atoms with van der Waals surface area (Å²) in [7, 11) is 4.27. The van der Waals surface area contributed by atoms with E-state index in [1.165, 1.54) is 12.2 Å². The molecule has 2 aliphatic heterocycles. The van der Waals surface area contributed by atoms with Gasteiger partial charge in [-0.15, -0.1) is 0 Å². The van der Waals surface area contributed by atoms with Crippen molar-refractivity contribution in [2.45, 2.75) is 115 Å². The van der Waals surface area contributed by atoms with E-state index in [9.17, 15) is 9.59 Å². The maximum absolute atomic E-state index is 12.5. The minimum Gasteiger partial charge on any atom is -0.459 e. The van der Waals surface area contributed by atoms with Gasteiger partial charge in [-0.25, -0.2) is 9.59 Å². The first-order chi connectivity index (χ1) is 17.4. The molecular formula is C32H48N2O4. The summed E-state index contributed by atoms with van der Waals surface area (Å²) in [5, 5.41) is 0. The molecule has 6 heteroatoms. The van der Waals surface area contributed by atoms with Crippen molar-refractivity contribution in [2.24, 2.45) is 0 Å². The fraction of sp³-hybridized carbons (Fsp3) is 0.625. The van der Waals surface area contributed by atoms with Crippen LogP contribution in [0.2, 0.25) is 0 Å². The molecule has 2 aliphatic rings. The van der Waals surface area contributed by atoms with Crippen LogP contribution in [0.3, 0.4) is 0 Å². The van der Waals surface area contributed by atoms with E-state index in [0.29, 0.717) is 0 Å². The van der Waals surface area contributed by atoms with Gasteiger partial charge >= 0.3 is 11.9 Å². The van der Waals surface area contributed by atoms with Crippen LogP contribution in [0.5, 0.6) is 0 Å². The standard InChI is InChI=1S/C32H48N2O4/c1-29(2)19-25(20-30(3,4)33(29)9)37-27(35)17-15-23-11-13-24(14-12-23)16-18-28(36)38-26-21-31(5,6)34(10)32(7,8)22-26/h11-18,25-26H,19-22H2,1-10H3. The largest absolute Gasteiger partial charge is 0.459 e. The smallest absolute Gasteiger partial charge is 0.331 e. The summed E-state index contributed by atoms with van der Waals surface area (Å²) in [5.41, 5.74) is 1.64. The first-order valence-electron chi connectivity index (χ1n) is 13.8. The van der Waals surface area contributed by atoms with E-state index < -0.39 is 0 Å². The highest BCUT2D eigenvalue weighted by Crippen LogP contribution is 2.39. The molecule has 210 valence electrons. The van der Waals surface area contributed by atoms with Crippen molar-refractivity contribution in [3.63, 3.8) is 0 Å². The first-order valence-corrected chi connectivity index (χ1v) is 13.8. The molecule has 0 atom stereocenters. The number of esters is 2. The third kappa shape index (κ3) is 7.35. The quantitative estimate of drug-likeness (QED) is 0.331. The number of rotatable bonds is 6. The van der Waals surface area contributed by atoms with E-state index in [-0.39, 0.29) is 46.3 Å². The average Bonchev–Trinajstić information content (AvgIpc) is 2.78. The van der Waals surface area contributed by atoms with E-state index >= 15 is 0 Å². The van der Waals surface area contributed by atoms with Crippen LogP contribution in [0.4, 0.5) is 0 Å². The normalized spacial score (nSPS) is 24.1. The lowest BCUT2D eigenvalue weighted by Crippen LogP contribution is -2.60. The minimum absolute atomic E-state index is 0.0352. The van der Waals surface area contributed by atoms with E-state index in [2.05, 4.69) is 79.3 Å². The van der Waals surface area contributed by atoms with Gasteiger partial charge in [0.15, 0.2) is 0 Å². The lowest BCUT2D eigenvalue weighted by atomic mass is 9.79. The van der Waals surface area contributed by atoms with Crippen molar-refractivity contribution in [2.75, 3.05) is 14.1 Å². The van der Waals surface area contributed by atoms with Gasteiger partial charge < -0.3 is 9.47 Å². The van der Waals surface area contributed by atoms with Gasteiger partial charge in [-0.05, 0) is 92.8 Å². The van der Waals surface area contributed by atoms with Gasteiger partial charge in [0.25, 0.3) is 0 Å². The fourth-order valence-corrected chi connectivity index (χ4v) is 6.18. The van der Waals surface area contributed by atoms with E-state index in [0.717, 1.165) is 36.8 Å². The number of carbonyl (C=O) groups excluding carboxylic acids is 2. The Balaban J connectivity index is 1.52. The second-order valence-corrected chi connectivity index (χ2v) is 13.6. The Kier molecular flexibility index (Phi) is 8.69. The molecule has 0 saturated carbocycles. The van der Waals surface area contributed by atoms with Gasteiger partial charge in [0.1, 0.15) is 12.2 Å². The Hall–Kier alpha value is -2.44. The van der Waals surface area contributed by atoms with Gasteiger partial charge in [0, 0.05) is 60.0 Å². The van der Waals surface area contributed by atoms with Crippen LogP contribution in [-0.4, -0.2) is 70.2 Å². The number of ether oxygens (including phenoxy) is 2. The molecule has 38 heavy (non-hydrogen) atoms. The van der Waals surface area contributed by atoms with Crippen LogP contribution < -0.4 is 0 Å². The number of benzene rings is 1. The summed E-state index contributed by atoms with van der Waals surface area (Å²) in [5.74, 6) is -0.642. The highest BCUT2D eigenvalue weighted by molar-refractivity contribution is 5.88. The summed E-state index contributed by atoms with van der Waals surface area (Å²) >= 11 is 0. The van der Waals surface area contributed by atoms with Gasteiger partial charge in [-0.1, -0.05) is 24.3 Å². The van der Waals surface area contributed by atoms with Gasteiger partial charge in [0.2, 0.25) is 0 Å². The number of likely N-dealkylation sites (tertiary alicyclic amines) is 2. The predicted molar refractivity (Wildman–Crippen MR) is 155 cm³/mol. The molecule has 0 spiro atoms. The van der Waals surface area contributed by atoms with Crippen molar-refractivity contribution in [3.05, 3.63) is 47.5 Å². The molecule has 0 aromatic heterocycles. The van der Waals surface area contributed by atoms with Crippen molar-refractivity contribution in [1.29, 1.82) is 0 Å². The van der Waals surface area contributed by atoms with Crippen molar-refractivity contribution in [1.82, 2.24) is 9.80 Å². The highest BCUT2D eigenvalue weighted by Gasteiger charge is 2.45. The second kappa shape index (κ2) is 11.0. The van der Waals surface area contributed by atoms with Crippen LogP contribution in [0.15, 0.2) is 36.4 Å². The topological polar surface area (TPSA) is 59.1 Å². The van der Waals surface area contributed by atoms with Crippen molar-refractivity contribution < 1.29 is 19.1 Å². The Morgan fingerprint density at radius 3 is 1.16 bits per heavy atom. The summed E-state index contributed by atoms with van der Waals surface area (Å²) < 4.78 is 11.6. The van der Waals surface area contributed by atoms with Gasteiger partial charge in [0.05, 0.1) is 0 Å². The van der Waals surface area contributed by atoms with Gasteiger partial charge in [-0.3, -0.25) is 9.80 Å². The Morgan fingerprint density at radius 2 is 0.895 bits per heavy atom. The predicted octanol–water partition coefficient (Wildman–Crippen LogP) is 6.10. The molecule has 0 aliphatic carbocycles. The van der Waals surface area contributed by atoms with E-state index in [1.807, 2.05) is 24.3 Å². The molecular weight excluding hydrogens is 476 g/mol. The Bertz CT molecular complexity index is 944. The minimum atomic E-state index is -0.321. The molecule has 2 heterocycles. The fourth-order valence-electron chi connectivity index (χ4n) is 6.18. The monoisotopic (exact) mass is 524 g/mol. The first kappa shape index (κ1) is 30.1. The lowest BCUT2D eigenvalue weighted by Gasteiger charge is -2.53. The summed E-state index contributed by atoms with van der Waals surface area (Å²) in [6, 6.07) is 7.66. The Labute approximate surface area is 230 Å². The zero-order valence-corrected chi connectivity index (χ0v) is 25.1. The van der Waals surface area contributed by atoms with E-state index in [1.54, 1.807) is 12.2 Å². The molecule has 0 bridgehead atoms.